The first kappa shape index (κ1) is 12.4. The van der Waals surface area contributed by atoms with Crippen molar-refractivity contribution < 1.29 is 19.8 Å². The Morgan fingerprint density at radius 1 is 1.06 bits per heavy atom. The van der Waals surface area contributed by atoms with E-state index in [-0.39, 0.29) is 24.0 Å². The van der Waals surface area contributed by atoms with Gasteiger partial charge in [0.2, 0.25) is 5.91 Å². The zero-order valence-corrected chi connectivity index (χ0v) is 9.76. The molecule has 2 rings (SSSR count). The molecule has 2 saturated carbocycles. The average molecular weight is 241 g/mol. The lowest BCUT2D eigenvalue weighted by Gasteiger charge is -2.35. The molecule has 0 heterocycles. The quantitative estimate of drug-likeness (QED) is 0.672. The summed E-state index contributed by atoms with van der Waals surface area (Å²) < 4.78 is 0. The molecule has 0 aliphatic heterocycles. The number of aliphatic carboxylic acids is 1. The van der Waals surface area contributed by atoms with E-state index in [1.165, 1.54) is 0 Å². The van der Waals surface area contributed by atoms with Crippen LogP contribution in [0.2, 0.25) is 0 Å². The fraction of sp³-hybridized carbons (Fsp3) is 0.833. The number of rotatable bonds is 3. The van der Waals surface area contributed by atoms with Gasteiger partial charge in [0.15, 0.2) is 0 Å². The molecular formula is C12H19NO4. The molecule has 5 nitrogen and oxygen atoms in total. The molecule has 96 valence electrons. The molecule has 2 aliphatic carbocycles. The van der Waals surface area contributed by atoms with Crippen LogP contribution in [0.3, 0.4) is 0 Å². The second-order valence-electron chi connectivity index (χ2n) is 5.17. The van der Waals surface area contributed by atoms with E-state index in [0.29, 0.717) is 25.7 Å². The number of carboxylic acid groups (broad SMARTS) is 1. The van der Waals surface area contributed by atoms with Crippen LogP contribution < -0.4 is 5.32 Å². The Hall–Kier alpha value is -1.10. The molecule has 17 heavy (non-hydrogen) atoms. The predicted molar refractivity (Wildman–Crippen MR) is 60.3 cm³/mol. The number of amides is 1. The van der Waals surface area contributed by atoms with Gasteiger partial charge in [0.25, 0.3) is 0 Å². The maximum atomic E-state index is 12.0. The van der Waals surface area contributed by atoms with E-state index in [1.807, 2.05) is 0 Å². The van der Waals surface area contributed by atoms with Crippen molar-refractivity contribution in [2.24, 2.45) is 11.8 Å². The molecule has 5 heteroatoms. The molecule has 0 spiro atoms. The first-order valence-electron chi connectivity index (χ1n) is 6.29. The van der Waals surface area contributed by atoms with Gasteiger partial charge in [-0.1, -0.05) is 12.8 Å². The smallest absolute Gasteiger partial charge is 0.307 e. The van der Waals surface area contributed by atoms with Crippen LogP contribution in [0.4, 0.5) is 0 Å². The number of nitrogens with one attached hydrogen (secondary N) is 1. The average Bonchev–Trinajstić information content (AvgIpc) is 2.27. The van der Waals surface area contributed by atoms with Gasteiger partial charge >= 0.3 is 5.97 Å². The number of hydrogen-bond acceptors (Lipinski definition) is 3. The van der Waals surface area contributed by atoms with E-state index < -0.39 is 11.9 Å². The Kier molecular flexibility index (Phi) is 3.66. The minimum Gasteiger partial charge on any atom is -0.481 e. The molecule has 1 amide bonds. The third-order valence-corrected chi connectivity index (χ3v) is 3.88. The molecule has 0 bridgehead atoms. The van der Waals surface area contributed by atoms with Crippen molar-refractivity contribution in [1.29, 1.82) is 0 Å². The molecule has 3 N–H and O–H groups in total. The van der Waals surface area contributed by atoms with Crippen molar-refractivity contribution in [2.75, 3.05) is 0 Å². The second-order valence-corrected chi connectivity index (χ2v) is 5.17. The van der Waals surface area contributed by atoms with Gasteiger partial charge in [-0.2, -0.15) is 0 Å². The van der Waals surface area contributed by atoms with Gasteiger partial charge in [-0.3, -0.25) is 9.59 Å². The molecule has 0 radical (unpaired) electrons. The largest absolute Gasteiger partial charge is 0.481 e. The zero-order valence-electron chi connectivity index (χ0n) is 9.76. The van der Waals surface area contributed by atoms with Gasteiger partial charge in [0.1, 0.15) is 0 Å². The minimum atomic E-state index is -0.863. The van der Waals surface area contributed by atoms with E-state index in [9.17, 15) is 9.59 Å². The summed E-state index contributed by atoms with van der Waals surface area (Å²) >= 11 is 0. The molecule has 0 aromatic carbocycles. The second kappa shape index (κ2) is 5.04. The molecule has 2 atom stereocenters. The van der Waals surface area contributed by atoms with Crippen LogP contribution in [0.1, 0.15) is 38.5 Å². The molecular weight excluding hydrogens is 222 g/mol. The number of aliphatic hydroxyl groups is 1. The van der Waals surface area contributed by atoms with E-state index in [1.54, 1.807) is 0 Å². The van der Waals surface area contributed by atoms with Crippen LogP contribution in [-0.2, 0) is 9.59 Å². The highest BCUT2D eigenvalue weighted by Gasteiger charge is 2.38. The number of carboxylic acids is 1. The Bertz CT molecular complexity index is 312. The summed E-state index contributed by atoms with van der Waals surface area (Å²) in [6.07, 6.45) is 3.96. The highest BCUT2D eigenvalue weighted by atomic mass is 16.4. The van der Waals surface area contributed by atoms with E-state index in [4.69, 9.17) is 10.2 Å². The number of carbonyl (C=O) groups excluding carboxylic acids is 1. The zero-order chi connectivity index (χ0) is 12.4. The lowest BCUT2D eigenvalue weighted by molar-refractivity contribution is -0.149. The van der Waals surface area contributed by atoms with Crippen molar-refractivity contribution in [3.05, 3.63) is 0 Å². The van der Waals surface area contributed by atoms with Gasteiger partial charge in [-0.15, -0.1) is 0 Å². The highest BCUT2D eigenvalue weighted by molar-refractivity contribution is 5.85. The monoisotopic (exact) mass is 241 g/mol. The number of hydrogen-bond donors (Lipinski definition) is 3. The van der Waals surface area contributed by atoms with E-state index in [2.05, 4.69) is 5.32 Å². The van der Waals surface area contributed by atoms with Crippen molar-refractivity contribution in [3.63, 3.8) is 0 Å². The number of aliphatic hydroxyl groups excluding tert-OH is 1. The summed E-state index contributed by atoms with van der Waals surface area (Å²) in [5, 5.41) is 21.1. The fourth-order valence-corrected chi connectivity index (χ4v) is 2.75. The first-order chi connectivity index (χ1) is 8.08. The predicted octanol–water partition coefficient (Wildman–Crippen LogP) is 0.517. The summed E-state index contributed by atoms with van der Waals surface area (Å²) in [7, 11) is 0. The summed E-state index contributed by atoms with van der Waals surface area (Å²) in [6.45, 7) is 0. The third-order valence-electron chi connectivity index (χ3n) is 3.88. The maximum Gasteiger partial charge on any atom is 0.307 e. The standard InChI is InChI=1S/C12H19NO4/c14-8-5-7(6-8)13-11(15)9-3-1-2-4-10(9)12(16)17/h7-10,14H,1-6H2,(H,13,15)(H,16,17)/t7?,8?,9-,10+/m1/s1. The van der Waals surface area contributed by atoms with Gasteiger partial charge in [-0.05, 0) is 25.7 Å². The van der Waals surface area contributed by atoms with Crippen molar-refractivity contribution >= 4 is 11.9 Å². The Morgan fingerprint density at radius 2 is 1.65 bits per heavy atom. The molecule has 2 aliphatic rings. The van der Waals surface area contributed by atoms with E-state index >= 15 is 0 Å². The van der Waals surface area contributed by atoms with Crippen molar-refractivity contribution in [3.8, 4) is 0 Å². The first-order valence-corrected chi connectivity index (χ1v) is 6.29. The van der Waals surface area contributed by atoms with Crippen LogP contribution in [0.5, 0.6) is 0 Å². The van der Waals surface area contributed by atoms with Crippen LogP contribution in [-0.4, -0.2) is 34.2 Å². The van der Waals surface area contributed by atoms with Gasteiger partial charge in [0, 0.05) is 6.04 Å². The SMILES string of the molecule is O=C(O)[C@H]1CCCC[C@H]1C(=O)NC1CC(O)C1. The molecule has 0 aromatic rings. The van der Waals surface area contributed by atoms with Gasteiger partial charge in [0.05, 0.1) is 17.9 Å². The molecule has 2 fully saturated rings. The summed E-state index contributed by atoms with van der Waals surface area (Å²) in [5.74, 6) is -1.93. The van der Waals surface area contributed by atoms with Crippen LogP contribution in [0, 0.1) is 11.8 Å². The van der Waals surface area contributed by atoms with E-state index in [0.717, 1.165) is 12.8 Å². The minimum absolute atomic E-state index is 0.0360. The van der Waals surface area contributed by atoms with Crippen LogP contribution in [0.15, 0.2) is 0 Å². The highest BCUT2D eigenvalue weighted by Crippen LogP contribution is 2.31. The third kappa shape index (κ3) is 2.77. The number of carbonyl (C=O) groups is 2. The van der Waals surface area contributed by atoms with Gasteiger partial charge < -0.3 is 15.5 Å². The molecule has 0 unspecified atom stereocenters. The maximum absolute atomic E-state index is 12.0. The Morgan fingerprint density at radius 3 is 2.18 bits per heavy atom. The van der Waals surface area contributed by atoms with Gasteiger partial charge in [-0.25, -0.2) is 0 Å². The lowest BCUT2D eigenvalue weighted by atomic mass is 9.78. The molecule has 0 aromatic heterocycles. The Labute approximate surface area is 100 Å². The Balaban J connectivity index is 1.89. The van der Waals surface area contributed by atoms with Crippen LogP contribution >= 0.6 is 0 Å². The lowest BCUT2D eigenvalue weighted by Crippen LogP contribution is -2.50. The summed E-state index contributed by atoms with van der Waals surface area (Å²) in [6, 6.07) is 0.0360. The fourth-order valence-electron chi connectivity index (χ4n) is 2.75. The normalized spacial score (nSPS) is 37.0. The summed E-state index contributed by atoms with van der Waals surface area (Å²) in [5.41, 5.74) is 0. The summed E-state index contributed by atoms with van der Waals surface area (Å²) in [4.78, 5) is 23.0. The van der Waals surface area contributed by atoms with Crippen LogP contribution in [0.25, 0.3) is 0 Å². The molecule has 0 saturated heterocycles. The van der Waals surface area contributed by atoms with Crippen molar-refractivity contribution in [2.45, 2.75) is 50.7 Å². The topological polar surface area (TPSA) is 86.6 Å². The van der Waals surface area contributed by atoms with Crippen molar-refractivity contribution in [1.82, 2.24) is 5.32 Å².